The quantitative estimate of drug-likeness (QED) is 0.116. The summed E-state index contributed by atoms with van der Waals surface area (Å²) in [4.78, 5) is 55.2. The predicted octanol–water partition coefficient (Wildman–Crippen LogP) is 7.82. The molecule has 10 nitrogen and oxygen atoms in total. The number of fused-ring (bicyclic) bond motifs is 1. The molecule has 13 heteroatoms. The van der Waals surface area contributed by atoms with E-state index in [0.29, 0.717) is 46.9 Å². The van der Waals surface area contributed by atoms with Gasteiger partial charge >= 0.3 is 6.09 Å². The molecule has 0 atom stereocenters. The van der Waals surface area contributed by atoms with Gasteiger partial charge in [-0.15, -0.1) is 23.1 Å². The van der Waals surface area contributed by atoms with Crippen LogP contribution in [0.25, 0.3) is 6.08 Å². The number of hydrogen-bond acceptors (Lipinski definition) is 8. The number of nitriles is 1. The fourth-order valence-electron chi connectivity index (χ4n) is 4.93. The topological polar surface area (TPSA) is 141 Å². The molecule has 0 spiro atoms. The van der Waals surface area contributed by atoms with Gasteiger partial charge in [-0.2, -0.15) is 5.26 Å². The van der Waals surface area contributed by atoms with Crippen molar-refractivity contribution in [1.82, 2.24) is 10.2 Å². The number of nitrogens with one attached hydrogen (secondary N) is 3. The molecule has 0 radical (unpaired) electrons. The number of anilines is 2. The van der Waals surface area contributed by atoms with E-state index < -0.39 is 23.5 Å². The highest BCUT2D eigenvalue weighted by atomic mass is 79.9. The third-order valence-corrected chi connectivity index (χ3v) is 9.90. The van der Waals surface area contributed by atoms with E-state index in [9.17, 15) is 24.4 Å². The lowest BCUT2D eigenvalue weighted by molar-refractivity contribution is -0.114. The maximum absolute atomic E-state index is 13.5. The fourth-order valence-corrected chi connectivity index (χ4v) is 7.18. The van der Waals surface area contributed by atoms with Crippen LogP contribution in [0.3, 0.4) is 0 Å². The number of rotatable bonds is 9. The second-order valence-electron chi connectivity index (χ2n) is 12.2. The average Bonchev–Trinajstić information content (AvgIpc) is 3.43. The first-order chi connectivity index (χ1) is 23.9. The van der Waals surface area contributed by atoms with Crippen LogP contribution in [0.15, 0.2) is 93.9 Å². The molecule has 50 heavy (non-hydrogen) atoms. The molecule has 256 valence electrons. The first-order valence-corrected chi connectivity index (χ1v) is 18.2. The summed E-state index contributed by atoms with van der Waals surface area (Å²) in [5, 5.41) is 18.8. The summed E-state index contributed by atoms with van der Waals surface area (Å²) in [6.45, 7) is 6.16. The fraction of sp³-hybridized carbons (Fsp3) is 0.216. The Morgan fingerprint density at radius 3 is 2.46 bits per heavy atom. The Balaban J connectivity index is 1.22. The van der Waals surface area contributed by atoms with Crippen LogP contribution in [0.1, 0.15) is 52.7 Å². The van der Waals surface area contributed by atoms with Crippen molar-refractivity contribution >= 4 is 79.6 Å². The minimum absolute atomic E-state index is 0.0523. The molecule has 4 aromatic rings. The van der Waals surface area contributed by atoms with Crippen LogP contribution in [-0.2, 0) is 27.3 Å². The number of carbonyl (C=O) groups excluding carboxylic acids is 4. The molecule has 0 saturated heterocycles. The normalized spacial score (nSPS) is 12.7. The number of amides is 4. The summed E-state index contributed by atoms with van der Waals surface area (Å²) in [6, 6.07) is 25.2. The summed E-state index contributed by atoms with van der Waals surface area (Å²) < 4.78 is 6.38. The average molecular weight is 773 g/mol. The van der Waals surface area contributed by atoms with E-state index in [1.54, 1.807) is 59.5 Å². The van der Waals surface area contributed by atoms with Gasteiger partial charge in [-0.25, -0.2) is 4.79 Å². The van der Waals surface area contributed by atoms with Crippen molar-refractivity contribution in [2.75, 3.05) is 22.9 Å². The second-order valence-corrected chi connectivity index (χ2v) is 15.3. The molecule has 0 unspecified atom stereocenters. The lowest BCUT2D eigenvalue weighted by Gasteiger charge is -2.29. The molecule has 0 fully saturated rings. The van der Waals surface area contributed by atoms with E-state index in [1.165, 1.54) is 23.1 Å². The molecular weight excluding hydrogens is 738 g/mol. The Bertz CT molecular complexity index is 1980. The van der Waals surface area contributed by atoms with E-state index in [4.69, 9.17) is 4.74 Å². The minimum Gasteiger partial charge on any atom is -0.444 e. The van der Waals surface area contributed by atoms with Crippen molar-refractivity contribution in [3.63, 3.8) is 0 Å². The number of carbonyl (C=O) groups is 4. The number of ether oxygens (including phenoxy) is 1. The van der Waals surface area contributed by atoms with Crippen molar-refractivity contribution in [2.45, 2.75) is 44.2 Å². The second kappa shape index (κ2) is 16.2. The molecule has 0 bridgehead atoms. The molecule has 0 saturated carbocycles. The third kappa shape index (κ3) is 9.84. The van der Waals surface area contributed by atoms with Gasteiger partial charge in [-0.05, 0) is 86.9 Å². The zero-order valence-electron chi connectivity index (χ0n) is 27.5. The molecule has 3 aromatic carbocycles. The van der Waals surface area contributed by atoms with Crippen LogP contribution >= 0.6 is 39.0 Å². The maximum Gasteiger partial charge on any atom is 0.410 e. The molecule has 2 heterocycles. The van der Waals surface area contributed by atoms with Crippen molar-refractivity contribution in [3.8, 4) is 6.07 Å². The van der Waals surface area contributed by atoms with Gasteiger partial charge in [0.25, 0.3) is 11.8 Å². The molecule has 3 N–H and O–H groups in total. The smallest absolute Gasteiger partial charge is 0.410 e. The van der Waals surface area contributed by atoms with Crippen LogP contribution in [0, 0.1) is 11.3 Å². The van der Waals surface area contributed by atoms with Crippen LogP contribution in [-0.4, -0.2) is 46.6 Å². The number of halogens is 1. The summed E-state index contributed by atoms with van der Waals surface area (Å²) in [7, 11) is 0. The number of nitrogens with zero attached hydrogens (tertiary/aromatic N) is 2. The molecule has 1 aliphatic rings. The highest BCUT2D eigenvalue weighted by molar-refractivity contribution is 9.10. The first-order valence-electron chi connectivity index (χ1n) is 15.6. The number of thioether (sulfide) groups is 1. The lowest BCUT2D eigenvalue weighted by Crippen LogP contribution is -2.39. The lowest BCUT2D eigenvalue weighted by atomic mass is 10.0. The maximum atomic E-state index is 13.5. The van der Waals surface area contributed by atoms with Gasteiger partial charge in [0.15, 0.2) is 0 Å². The Hall–Kier alpha value is -4.90. The number of thiophene rings is 1. The summed E-state index contributed by atoms with van der Waals surface area (Å²) in [5.74, 6) is -1.19. The molecule has 4 amide bonds. The number of hydrogen-bond donors (Lipinski definition) is 3. The molecule has 0 aliphatic carbocycles. The van der Waals surface area contributed by atoms with Crippen molar-refractivity contribution in [1.29, 1.82) is 5.26 Å². The molecule has 5 rings (SSSR count). The van der Waals surface area contributed by atoms with Gasteiger partial charge in [0, 0.05) is 32.0 Å². The summed E-state index contributed by atoms with van der Waals surface area (Å²) in [6.07, 6.45) is 1.68. The molecule has 1 aliphatic heterocycles. The monoisotopic (exact) mass is 771 g/mol. The van der Waals surface area contributed by atoms with E-state index in [0.717, 1.165) is 19.8 Å². The van der Waals surface area contributed by atoms with Crippen molar-refractivity contribution in [2.24, 2.45) is 0 Å². The van der Waals surface area contributed by atoms with Gasteiger partial charge in [0.05, 0.1) is 17.9 Å². The van der Waals surface area contributed by atoms with Crippen LogP contribution < -0.4 is 16.0 Å². The standard InChI is InChI=1S/C37H34BrN5O5S2/c1-37(2,3)48-36(47)43-17-16-28-29(20-39)35(50-31(28)21-43)42-32(44)22-49-27-11-7-10-26(19-27)40-34(46)30(18-23-12-14-25(38)15-13-23)41-33(45)24-8-5-4-6-9-24/h4-15,18-19H,16-17,21-22H2,1-3H3,(H,40,46)(H,41,45)(H,42,44)/b30-18+. The zero-order valence-corrected chi connectivity index (χ0v) is 30.8. The minimum atomic E-state index is -0.618. The largest absolute Gasteiger partial charge is 0.444 e. The van der Waals surface area contributed by atoms with Gasteiger partial charge in [0.2, 0.25) is 5.91 Å². The van der Waals surface area contributed by atoms with E-state index in [2.05, 4.69) is 37.9 Å². The zero-order chi connectivity index (χ0) is 35.8. The van der Waals surface area contributed by atoms with Crippen LogP contribution in [0.5, 0.6) is 0 Å². The Labute approximate surface area is 307 Å². The summed E-state index contributed by atoms with van der Waals surface area (Å²) in [5.41, 5.74) is 2.30. The third-order valence-electron chi connectivity index (χ3n) is 7.24. The Morgan fingerprint density at radius 2 is 1.76 bits per heavy atom. The highest BCUT2D eigenvalue weighted by Crippen LogP contribution is 2.37. The first kappa shape index (κ1) is 36.4. The Morgan fingerprint density at radius 1 is 1.02 bits per heavy atom. The van der Waals surface area contributed by atoms with Gasteiger partial charge in [0.1, 0.15) is 22.4 Å². The van der Waals surface area contributed by atoms with Gasteiger partial charge in [-0.3, -0.25) is 14.4 Å². The van der Waals surface area contributed by atoms with Crippen molar-refractivity contribution < 1.29 is 23.9 Å². The number of benzene rings is 3. The van der Waals surface area contributed by atoms with Crippen LogP contribution in [0.4, 0.5) is 15.5 Å². The molecule has 1 aromatic heterocycles. The summed E-state index contributed by atoms with van der Waals surface area (Å²) >= 11 is 5.97. The van der Waals surface area contributed by atoms with E-state index in [1.807, 2.05) is 51.1 Å². The SMILES string of the molecule is CC(C)(C)OC(=O)N1CCc2c(sc(NC(=O)CSc3cccc(NC(=O)/C(=C\c4ccc(Br)cc4)NC(=O)c4ccccc4)c3)c2C#N)C1. The van der Waals surface area contributed by atoms with Crippen molar-refractivity contribution in [3.05, 3.63) is 116 Å². The van der Waals surface area contributed by atoms with E-state index >= 15 is 0 Å². The highest BCUT2D eigenvalue weighted by Gasteiger charge is 2.30. The predicted molar refractivity (Wildman–Crippen MR) is 200 cm³/mol. The van der Waals surface area contributed by atoms with Crippen LogP contribution in [0.2, 0.25) is 0 Å². The van der Waals surface area contributed by atoms with Gasteiger partial charge in [-0.1, -0.05) is 52.3 Å². The molecular formula is C37H34BrN5O5S2. The van der Waals surface area contributed by atoms with Gasteiger partial charge < -0.3 is 25.6 Å². The Kier molecular flexibility index (Phi) is 11.8. The van der Waals surface area contributed by atoms with E-state index in [-0.39, 0.29) is 17.4 Å².